The second-order valence-electron chi connectivity index (χ2n) is 12.1. The molecule has 0 aromatic heterocycles. The van der Waals surface area contributed by atoms with E-state index in [0.29, 0.717) is 22.8 Å². The number of fused-ring (bicyclic) bond motifs is 3. The molecule has 46 heavy (non-hydrogen) atoms. The summed E-state index contributed by atoms with van der Waals surface area (Å²) in [6, 6.07) is 11.7. The van der Waals surface area contributed by atoms with Crippen molar-refractivity contribution in [3.63, 3.8) is 0 Å². The Hall–Kier alpha value is -3.67. The van der Waals surface area contributed by atoms with Gasteiger partial charge in [0, 0.05) is 47.0 Å². The minimum Gasteiger partial charge on any atom is -0.462 e. The minimum atomic E-state index is -4.92. The first kappa shape index (κ1) is 31.0. The third-order valence-electron chi connectivity index (χ3n) is 9.57. The number of hydrogen-bond donors (Lipinski definition) is 1. The summed E-state index contributed by atoms with van der Waals surface area (Å²) < 4.78 is 63.5. The number of carbonyl (C=O) groups excluding carboxylic acids is 3. The first-order valence-electron chi connectivity index (χ1n) is 14.9. The number of anilines is 2. The van der Waals surface area contributed by atoms with Crippen molar-refractivity contribution in [3.05, 3.63) is 92.7 Å². The molecule has 1 N–H and O–H groups in total. The maximum absolute atomic E-state index is 16.0. The van der Waals surface area contributed by atoms with Gasteiger partial charge in [-0.25, -0.2) is 9.18 Å². The molecular formula is C33H27Cl2F4N3O4. The van der Waals surface area contributed by atoms with Gasteiger partial charge < -0.3 is 15.0 Å². The van der Waals surface area contributed by atoms with Crippen LogP contribution in [0.5, 0.6) is 0 Å². The molecule has 4 atom stereocenters. The van der Waals surface area contributed by atoms with Crippen molar-refractivity contribution in [2.75, 3.05) is 29.9 Å². The third kappa shape index (κ3) is 4.61. The van der Waals surface area contributed by atoms with Gasteiger partial charge >= 0.3 is 12.1 Å². The Bertz CT molecular complexity index is 1800. The zero-order valence-corrected chi connectivity index (χ0v) is 25.8. The maximum atomic E-state index is 16.0. The van der Waals surface area contributed by atoms with Crippen LogP contribution < -0.4 is 10.2 Å². The molecule has 3 aromatic carbocycles. The van der Waals surface area contributed by atoms with Gasteiger partial charge in [0.25, 0.3) is 0 Å². The summed E-state index contributed by atoms with van der Waals surface area (Å²) in [5.41, 5.74) is -2.46. The first-order valence-corrected chi connectivity index (χ1v) is 15.6. The summed E-state index contributed by atoms with van der Waals surface area (Å²) in [5, 5.41) is 3.10. The molecule has 3 aromatic rings. The minimum absolute atomic E-state index is 0.0580. The highest BCUT2D eigenvalue weighted by Gasteiger charge is 2.71. The molecule has 7 rings (SSSR count). The predicted octanol–water partition coefficient (Wildman–Crippen LogP) is 7.02. The van der Waals surface area contributed by atoms with Crippen LogP contribution in [0.2, 0.25) is 10.0 Å². The fraction of sp³-hybridized carbons (Fsp3) is 0.364. The molecule has 13 heteroatoms. The Kier molecular flexibility index (Phi) is 7.37. The Morgan fingerprint density at radius 3 is 2.54 bits per heavy atom. The fourth-order valence-electron chi connectivity index (χ4n) is 7.57. The molecule has 3 fully saturated rings. The topological polar surface area (TPSA) is 78.9 Å². The molecule has 3 heterocycles. The number of alkyl halides is 3. The van der Waals surface area contributed by atoms with Gasteiger partial charge in [0.15, 0.2) is 0 Å². The van der Waals surface area contributed by atoms with Gasteiger partial charge in [-0.2, -0.15) is 13.2 Å². The van der Waals surface area contributed by atoms with Crippen LogP contribution in [0.1, 0.15) is 52.7 Å². The van der Waals surface area contributed by atoms with Gasteiger partial charge in [-0.05, 0) is 67.6 Å². The lowest BCUT2D eigenvalue weighted by atomic mass is 9.71. The number of likely N-dealkylation sites (tertiary alicyclic amines) is 1. The molecule has 1 saturated carbocycles. The smallest absolute Gasteiger partial charge is 0.417 e. The largest absolute Gasteiger partial charge is 0.462 e. The summed E-state index contributed by atoms with van der Waals surface area (Å²) in [7, 11) is 0. The van der Waals surface area contributed by atoms with Gasteiger partial charge in [0.2, 0.25) is 11.8 Å². The van der Waals surface area contributed by atoms with Crippen LogP contribution in [0, 0.1) is 17.7 Å². The molecule has 2 amide bonds. The van der Waals surface area contributed by atoms with Crippen LogP contribution >= 0.6 is 23.2 Å². The highest BCUT2D eigenvalue weighted by atomic mass is 35.5. The van der Waals surface area contributed by atoms with Gasteiger partial charge in [0.1, 0.15) is 11.4 Å². The molecule has 2 saturated heterocycles. The number of hydrogen-bond acceptors (Lipinski definition) is 5. The molecule has 240 valence electrons. The molecule has 7 nitrogen and oxygen atoms in total. The second kappa shape index (κ2) is 11.0. The van der Waals surface area contributed by atoms with Crippen molar-refractivity contribution in [2.24, 2.45) is 11.8 Å². The number of halogens is 6. The predicted molar refractivity (Wildman–Crippen MR) is 162 cm³/mol. The Morgan fingerprint density at radius 1 is 1.09 bits per heavy atom. The SMILES string of the molecule is CCOC(=O)c1ccc(N2CC3C(C2=O)[C@H](c2cccc(Cl)c2F)C2(C(=O)Nc4cc(Cl)ccc42)N3CC2CC2)cc1C(F)(F)F. The van der Waals surface area contributed by atoms with Crippen LogP contribution in [0.25, 0.3) is 0 Å². The quantitative estimate of drug-likeness (QED) is 0.225. The van der Waals surface area contributed by atoms with Crippen LogP contribution in [-0.4, -0.2) is 48.4 Å². The van der Waals surface area contributed by atoms with Gasteiger partial charge in [0.05, 0.1) is 28.7 Å². The van der Waals surface area contributed by atoms with E-state index in [0.717, 1.165) is 25.0 Å². The molecule has 3 aliphatic heterocycles. The third-order valence-corrected chi connectivity index (χ3v) is 10.1. The Balaban J connectivity index is 1.40. The van der Waals surface area contributed by atoms with Crippen LogP contribution in [-0.2, 0) is 26.0 Å². The zero-order chi connectivity index (χ0) is 32.7. The van der Waals surface area contributed by atoms with E-state index in [4.69, 9.17) is 27.9 Å². The summed E-state index contributed by atoms with van der Waals surface area (Å²) in [5.74, 6) is -4.82. The van der Waals surface area contributed by atoms with E-state index < -0.39 is 64.3 Å². The summed E-state index contributed by atoms with van der Waals surface area (Å²) >= 11 is 12.5. The van der Waals surface area contributed by atoms with Gasteiger partial charge in [-0.1, -0.05) is 41.4 Å². The zero-order valence-electron chi connectivity index (χ0n) is 24.3. The second-order valence-corrected chi connectivity index (χ2v) is 13.0. The maximum Gasteiger partial charge on any atom is 0.417 e. The van der Waals surface area contributed by atoms with E-state index in [1.165, 1.54) is 30.0 Å². The fourth-order valence-corrected chi connectivity index (χ4v) is 7.92. The molecule has 0 bridgehead atoms. The lowest BCUT2D eigenvalue weighted by Crippen LogP contribution is -2.54. The number of rotatable bonds is 6. The van der Waals surface area contributed by atoms with Gasteiger partial charge in [-0.3, -0.25) is 14.5 Å². The molecule has 4 aliphatic rings. The summed E-state index contributed by atoms with van der Waals surface area (Å²) in [6.07, 6.45) is -3.12. The van der Waals surface area contributed by atoms with E-state index in [1.807, 2.05) is 4.90 Å². The molecule has 1 spiro atoms. The Labute approximate surface area is 271 Å². The molecule has 0 radical (unpaired) electrons. The molecule has 3 unspecified atom stereocenters. The van der Waals surface area contributed by atoms with Crippen LogP contribution in [0.3, 0.4) is 0 Å². The summed E-state index contributed by atoms with van der Waals surface area (Å²) in [6.45, 7) is 1.71. The van der Waals surface area contributed by atoms with Crippen molar-refractivity contribution in [3.8, 4) is 0 Å². The van der Waals surface area contributed by atoms with E-state index >= 15 is 4.39 Å². The van der Waals surface area contributed by atoms with Gasteiger partial charge in [-0.15, -0.1) is 0 Å². The Morgan fingerprint density at radius 2 is 1.85 bits per heavy atom. The van der Waals surface area contributed by atoms with Crippen molar-refractivity contribution < 1.29 is 36.7 Å². The highest BCUT2D eigenvalue weighted by Crippen LogP contribution is 2.62. The molecule has 1 aliphatic carbocycles. The standard InChI is InChI=1S/C33H27Cl2F4N3O4/c1-2-46-30(44)19-10-9-18(13-22(19)33(37,38)39)41-15-25-26(29(41)43)27(20-4-3-5-23(35)28(20)36)32(42(25)14-16-6-7-16)21-11-8-17(34)12-24(21)40-31(32)45/h3-5,8-13,16,25-27H,2,6-7,14-15H2,1H3,(H,40,45)/t25?,26?,27-,32?/m0/s1. The number of benzene rings is 3. The van der Waals surface area contributed by atoms with E-state index in [1.54, 1.807) is 24.3 Å². The van der Waals surface area contributed by atoms with E-state index in [-0.39, 0.29) is 35.3 Å². The average Bonchev–Trinajstić information content (AvgIpc) is 3.63. The number of amides is 2. The average molecular weight is 676 g/mol. The van der Waals surface area contributed by atoms with Crippen LogP contribution in [0.15, 0.2) is 54.6 Å². The van der Waals surface area contributed by atoms with E-state index in [9.17, 15) is 27.6 Å². The van der Waals surface area contributed by atoms with Crippen molar-refractivity contribution >= 4 is 52.4 Å². The summed E-state index contributed by atoms with van der Waals surface area (Å²) in [4.78, 5) is 44.4. The number of esters is 1. The number of carbonyl (C=O) groups is 3. The van der Waals surface area contributed by atoms with Crippen LogP contribution in [0.4, 0.5) is 28.9 Å². The van der Waals surface area contributed by atoms with E-state index in [2.05, 4.69) is 5.32 Å². The first-order chi connectivity index (χ1) is 21.9. The number of ether oxygens (including phenoxy) is 1. The molecular weight excluding hydrogens is 649 g/mol. The normalized spacial score (nSPS) is 25.6. The number of nitrogens with one attached hydrogen (secondary N) is 1. The van der Waals surface area contributed by atoms with Crippen molar-refractivity contribution in [1.82, 2.24) is 4.90 Å². The lowest BCUT2D eigenvalue weighted by Gasteiger charge is -2.41. The number of nitrogens with zero attached hydrogens (tertiary/aromatic N) is 2. The van der Waals surface area contributed by atoms with Crippen molar-refractivity contribution in [2.45, 2.75) is 43.4 Å². The monoisotopic (exact) mass is 675 g/mol. The highest BCUT2D eigenvalue weighted by molar-refractivity contribution is 6.31. The van der Waals surface area contributed by atoms with Crippen molar-refractivity contribution in [1.29, 1.82) is 0 Å². The lowest BCUT2D eigenvalue weighted by molar-refractivity contribution is -0.138.